The van der Waals surface area contributed by atoms with E-state index in [2.05, 4.69) is 10.6 Å². The van der Waals surface area contributed by atoms with Gasteiger partial charge in [-0.3, -0.25) is 30.3 Å². The number of hydrogen-bond acceptors (Lipinski definition) is 6. The molecule has 136 valence electrons. The molecule has 1 aliphatic rings. The summed E-state index contributed by atoms with van der Waals surface area (Å²) in [5, 5.41) is 15.4. The second-order valence-electron chi connectivity index (χ2n) is 5.58. The second kappa shape index (κ2) is 7.75. The molecule has 1 fully saturated rings. The van der Waals surface area contributed by atoms with E-state index >= 15 is 0 Å². The monoisotopic (exact) mass is 383 g/mol. The zero-order valence-corrected chi connectivity index (χ0v) is 14.6. The number of benzene rings is 2. The molecule has 8 nitrogen and oxygen atoms in total. The molecule has 9 heteroatoms. The molecule has 0 spiro atoms. The predicted octanol–water partition coefficient (Wildman–Crippen LogP) is 2.09. The minimum atomic E-state index is -0.569. The summed E-state index contributed by atoms with van der Waals surface area (Å²) < 4.78 is 5.67. The number of carbonyl (C=O) groups excluding carboxylic acids is 2. The molecule has 0 bridgehead atoms. The number of nitrogens with one attached hydrogen (secondary N) is 2. The smallest absolute Gasteiger partial charge is 0.269 e. The Bertz CT molecular complexity index is 947. The first-order chi connectivity index (χ1) is 12.9. The van der Waals surface area contributed by atoms with Crippen molar-refractivity contribution in [2.45, 2.75) is 6.61 Å². The molecule has 0 aromatic heterocycles. The van der Waals surface area contributed by atoms with Gasteiger partial charge in [-0.25, -0.2) is 0 Å². The molecular formula is C18H13N3O5S. The Kier molecular flexibility index (Phi) is 5.23. The molecule has 0 radical (unpaired) electrons. The Balaban J connectivity index is 1.71. The lowest BCUT2D eigenvalue weighted by atomic mass is 10.1. The first-order valence-electron chi connectivity index (χ1n) is 7.77. The average molecular weight is 383 g/mol. The Labute approximate surface area is 159 Å². The highest BCUT2D eigenvalue weighted by atomic mass is 32.1. The topological polar surface area (TPSA) is 111 Å². The summed E-state index contributed by atoms with van der Waals surface area (Å²) in [6.45, 7) is 0.216. The minimum absolute atomic E-state index is 0.0101. The van der Waals surface area contributed by atoms with Crippen molar-refractivity contribution in [1.82, 2.24) is 10.6 Å². The number of hydrogen-bond donors (Lipinski definition) is 2. The SMILES string of the molecule is O=C1NC(=S)NC(=O)C1=Cc1cccc(OCc2ccc([N+](=O)[O-])cc2)c1. The van der Waals surface area contributed by atoms with Gasteiger partial charge >= 0.3 is 0 Å². The third-order valence-electron chi connectivity index (χ3n) is 3.67. The van der Waals surface area contributed by atoms with Crippen molar-refractivity contribution in [2.24, 2.45) is 0 Å². The van der Waals surface area contributed by atoms with Crippen LogP contribution in [0.15, 0.2) is 54.1 Å². The van der Waals surface area contributed by atoms with E-state index in [4.69, 9.17) is 17.0 Å². The maximum absolute atomic E-state index is 11.9. The molecule has 2 amide bonds. The van der Waals surface area contributed by atoms with Crippen LogP contribution < -0.4 is 15.4 Å². The molecule has 0 saturated carbocycles. The third-order valence-corrected chi connectivity index (χ3v) is 3.87. The molecule has 0 unspecified atom stereocenters. The number of nitrogens with zero attached hydrogens (tertiary/aromatic N) is 1. The summed E-state index contributed by atoms with van der Waals surface area (Å²) in [5.74, 6) is -0.614. The average Bonchev–Trinajstić information content (AvgIpc) is 2.63. The van der Waals surface area contributed by atoms with Crippen LogP contribution in [0, 0.1) is 10.1 Å². The Hall–Kier alpha value is -3.59. The molecule has 0 atom stereocenters. The van der Waals surface area contributed by atoms with Gasteiger partial charge in [0.25, 0.3) is 17.5 Å². The van der Waals surface area contributed by atoms with E-state index in [1.165, 1.54) is 18.2 Å². The number of carbonyl (C=O) groups is 2. The number of nitro benzene ring substituents is 1. The van der Waals surface area contributed by atoms with E-state index < -0.39 is 16.7 Å². The van der Waals surface area contributed by atoms with Crippen LogP contribution in [0.3, 0.4) is 0 Å². The summed E-state index contributed by atoms with van der Waals surface area (Å²) in [5.41, 5.74) is 1.32. The molecule has 1 aliphatic heterocycles. The van der Waals surface area contributed by atoms with E-state index in [9.17, 15) is 19.7 Å². The van der Waals surface area contributed by atoms with Gasteiger partial charge < -0.3 is 4.74 Å². The normalized spacial score (nSPS) is 13.6. The summed E-state index contributed by atoms with van der Waals surface area (Å²) in [6, 6.07) is 12.9. The van der Waals surface area contributed by atoms with E-state index in [1.807, 2.05) is 0 Å². The zero-order valence-electron chi connectivity index (χ0n) is 13.8. The van der Waals surface area contributed by atoms with Crippen LogP contribution in [0.1, 0.15) is 11.1 Å². The van der Waals surface area contributed by atoms with Crippen molar-refractivity contribution in [3.05, 3.63) is 75.3 Å². The Morgan fingerprint density at radius 1 is 1.07 bits per heavy atom. The van der Waals surface area contributed by atoms with Gasteiger partial charge in [-0.1, -0.05) is 12.1 Å². The molecule has 2 aromatic carbocycles. The Morgan fingerprint density at radius 3 is 2.37 bits per heavy atom. The van der Waals surface area contributed by atoms with Crippen LogP contribution in [0.25, 0.3) is 6.08 Å². The van der Waals surface area contributed by atoms with Crippen molar-refractivity contribution in [3.63, 3.8) is 0 Å². The first-order valence-corrected chi connectivity index (χ1v) is 8.18. The number of non-ortho nitro benzene ring substituents is 1. The number of nitro groups is 1. The molecule has 2 aromatic rings. The lowest BCUT2D eigenvalue weighted by Crippen LogP contribution is -2.51. The van der Waals surface area contributed by atoms with Gasteiger partial charge in [0, 0.05) is 12.1 Å². The molecule has 3 rings (SSSR count). The fraction of sp³-hybridized carbons (Fsp3) is 0.0556. The van der Waals surface area contributed by atoms with Gasteiger partial charge in [0.1, 0.15) is 17.9 Å². The van der Waals surface area contributed by atoms with Gasteiger partial charge in [0.05, 0.1) is 4.92 Å². The van der Waals surface area contributed by atoms with Crippen molar-refractivity contribution in [2.75, 3.05) is 0 Å². The maximum atomic E-state index is 11.9. The highest BCUT2D eigenvalue weighted by molar-refractivity contribution is 7.80. The van der Waals surface area contributed by atoms with Crippen LogP contribution in [0.5, 0.6) is 5.75 Å². The van der Waals surface area contributed by atoms with Gasteiger partial charge in [-0.2, -0.15) is 0 Å². The molecule has 1 heterocycles. The van der Waals surface area contributed by atoms with Crippen LogP contribution in [-0.4, -0.2) is 21.9 Å². The third kappa shape index (κ3) is 4.53. The molecule has 27 heavy (non-hydrogen) atoms. The van der Waals surface area contributed by atoms with Crippen LogP contribution in [0.4, 0.5) is 5.69 Å². The summed E-state index contributed by atoms with van der Waals surface area (Å²) in [7, 11) is 0. The summed E-state index contributed by atoms with van der Waals surface area (Å²) in [4.78, 5) is 34.0. The molecular weight excluding hydrogens is 370 g/mol. The fourth-order valence-electron chi connectivity index (χ4n) is 2.35. The van der Waals surface area contributed by atoms with Crippen LogP contribution in [-0.2, 0) is 16.2 Å². The standard InChI is InChI=1S/C18H13N3O5S/c22-16-15(17(23)20-18(27)19-16)9-12-2-1-3-14(8-12)26-10-11-4-6-13(7-5-11)21(24)25/h1-9H,10H2,(H2,19,20,22,23,27). The van der Waals surface area contributed by atoms with E-state index in [0.717, 1.165) is 5.56 Å². The van der Waals surface area contributed by atoms with E-state index in [1.54, 1.807) is 36.4 Å². The van der Waals surface area contributed by atoms with Gasteiger partial charge in [-0.05, 0) is 53.7 Å². The predicted molar refractivity (Wildman–Crippen MR) is 101 cm³/mol. The van der Waals surface area contributed by atoms with Gasteiger partial charge in [-0.15, -0.1) is 0 Å². The zero-order chi connectivity index (χ0) is 19.4. The van der Waals surface area contributed by atoms with E-state index in [0.29, 0.717) is 11.3 Å². The maximum Gasteiger partial charge on any atom is 0.269 e. The van der Waals surface area contributed by atoms with Gasteiger partial charge in [0.15, 0.2) is 5.11 Å². The molecule has 0 aliphatic carbocycles. The first kappa shape index (κ1) is 18.2. The molecule has 2 N–H and O–H groups in total. The summed E-state index contributed by atoms with van der Waals surface area (Å²) in [6.07, 6.45) is 1.44. The fourth-order valence-corrected chi connectivity index (χ4v) is 2.53. The van der Waals surface area contributed by atoms with Gasteiger partial charge in [0.2, 0.25) is 0 Å². The van der Waals surface area contributed by atoms with Crippen molar-refractivity contribution < 1.29 is 19.2 Å². The lowest BCUT2D eigenvalue weighted by Gasteiger charge is -2.16. The number of rotatable bonds is 5. The number of ether oxygens (including phenoxy) is 1. The number of thiocarbonyl (C=S) groups is 1. The van der Waals surface area contributed by atoms with E-state index in [-0.39, 0.29) is 23.0 Å². The lowest BCUT2D eigenvalue weighted by molar-refractivity contribution is -0.384. The summed E-state index contributed by atoms with van der Waals surface area (Å²) >= 11 is 4.75. The largest absolute Gasteiger partial charge is 0.489 e. The quantitative estimate of drug-likeness (QED) is 0.269. The van der Waals surface area contributed by atoms with Crippen molar-refractivity contribution >= 4 is 40.9 Å². The molecule has 1 saturated heterocycles. The minimum Gasteiger partial charge on any atom is -0.489 e. The highest BCUT2D eigenvalue weighted by Gasteiger charge is 2.25. The van der Waals surface area contributed by atoms with Crippen LogP contribution in [0.2, 0.25) is 0 Å². The number of amides is 2. The van der Waals surface area contributed by atoms with Crippen molar-refractivity contribution in [3.8, 4) is 5.75 Å². The van der Waals surface area contributed by atoms with Crippen molar-refractivity contribution in [1.29, 1.82) is 0 Å². The highest BCUT2D eigenvalue weighted by Crippen LogP contribution is 2.19. The Morgan fingerprint density at radius 2 is 1.74 bits per heavy atom. The second-order valence-corrected chi connectivity index (χ2v) is 5.99. The van der Waals surface area contributed by atoms with Crippen LogP contribution >= 0.6 is 12.2 Å².